The Morgan fingerprint density at radius 2 is 1.73 bits per heavy atom. The molecule has 1 saturated heterocycles. The van der Waals surface area contributed by atoms with Gasteiger partial charge in [-0.2, -0.15) is 0 Å². The average Bonchev–Trinajstić information content (AvgIpc) is 2.85. The van der Waals surface area contributed by atoms with E-state index in [4.69, 9.17) is 9.47 Å². The van der Waals surface area contributed by atoms with Crippen molar-refractivity contribution in [3.63, 3.8) is 0 Å². The van der Waals surface area contributed by atoms with E-state index in [1.807, 2.05) is 62.4 Å². The number of amides is 1. The van der Waals surface area contributed by atoms with Gasteiger partial charge in [0.2, 0.25) is 5.91 Å². The molecule has 0 radical (unpaired) electrons. The zero-order chi connectivity index (χ0) is 23.0. The Morgan fingerprint density at radius 1 is 1.03 bits per heavy atom. The molecule has 0 saturated carbocycles. The van der Waals surface area contributed by atoms with Crippen molar-refractivity contribution in [2.24, 2.45) is 5.92 Å². The molecule has 1 amide bonds. The average molecular weight is 447 g/mol. The van der Waals surface area contributed by atoms with Crippen molar-refractivity contribution in [2.45, 2.75) is 33.2 Å². The van der Waals surface area contributed by atoms with Gasteiger partial charge < -0.3 is 19.7 Å². The predicted octanol–water partition coefficient (Wildman–Crippen LogP) is 4.51. The van der Waals surface area contributed by atoms with Gasteiger partial charge in [0, 0.05) is 43.5 Å². The lowest BCUT2D eigenvalue weighted by Crippen LogP contribution is -2.40. The van der Waals surface area contributed by atoms with Crippen molar-refractivity contribution in [1.29, 1.82) is 0 Å². The zero-order valence-electron chi connectivity index (χ0n) is 19.2. The van der Waals surface area contributed by atoms with Crippen LogP contribution in [-0.4, -0.2) is 35.6 Å². The number of carbonyl (C=O) groups excluding carboxylic acids is 1. The highest BCUT2D eigenvalue weighted by atomic mass is 16.5. The van der Waals surface area contributed by atoms with Gasteiger partial charge >= 0.3 is 0 Å². The van der Waals surface area contributed by atoms with Crippen molar-refractivity contribution in [1.82, 2.24) is 15.3 Å². The third-order valence-corrected chi connectivity index (χ3v) is 5.84. The fraction of sp³-hybridized carbons (Fsp3) is 0.346. The number of carbonyl (C=O) groups is 1. The molecule has 1 fully saturated rings. The lowest BCUT2D eigenvalue weighted by molar-refractivity contribution is -0.125. The van der Waals surface area contributed by atoms with Gasteiger partial charge in [-0.25, -0.2) is 9.97 Å². The number of rotatable bonds is 8. The molecule has 1 N–H and O–H groups in total. The molecule has 1 aromatic heterocycles. The van der Waals surface area contributed by atoms with Gasteiger partial charge in [0.1, 0.15) is 11.5 Å². The lowest BCUT2D eigenvalue weighted by atomic mass is 9.96. The topological polar surface area (TPSA) is 76.6 Å². The van der Waals surface area contributed by atoms with Gasteiger partial charge in [-0.05, 0) is 44.4 Å². The van der Waals surface area contributed by atoms with Crippen LogP contribution in [0, 0.1) is 12.8 Å². The number of anilines is 1. The molecule has 172 valence electrons. The number of hydrogen-bond donors (Lipinski definition) is 1. The standard InChI is InChI=1S/C26H30N4O3/c1-3-32-23-11-7-5-9-21(23)18-29-25(31)20-12-16-30(17-13-20)24-26(28-15-14-27-24)33-22-10-6-4-8-19(22)2/h4-11,14-15,20H,3,12-13,16-18H2,1-2H3,(H,29,31). The van der Waals surface area contributed by atoms with Crippen LogP contribution in [0.5, 0.6) is 17.4 Å². The molecule has 1 aliphatic heterocycles. The molecule has 0 bridgehead atoms. The van der Waals surface area contributed by atoms with E-state index in [2.05, 4.69) is 20.2 Å². The molecular formula is C26H30N4O3. The van der Waals surface area contributed by atoms with Gasteiger partial charge in [-0.1, -0.05) is 36.4 Å². The fourth-order valence-corrected chi connectivity index (χ4v) is 4.01. The van der Waals surface area contributed by atoms with Crippen LogP contribution >= 0.6 is 0 Å². The summed E-state index contributed by atoms with van der Waals surface area (Å²) in [5.41, 5.74) is 2.03. The number of para-hydroxylation sites is 2. The lowest BCUT2D eigenvalue weighted by Gasteiger charge is -2.32. The largest absolute Gasteiger partial charge is 0.494 e. The van der Waals surface area contributed by atoms with Crippen LogP contribution in [0.4, 0.5) is 5.82 Å². The van der Waals surface area contributed by atoms with Gasteiger partial charge in [0.25, 0.3) is 5.88 Å². The van der Waals surface area contributed by atoms with Crippen molar-refractivity contribution in [3.8, 4) is 17.4 Å². The summed E-state index contributed by atoms with van der Waals surface area (Å²) in [5, 5.41) is 3.08. The van der Waals surface area contributed by atoms with Gasteiger partial charge in [-0.15, -0.1) is 0 Å². The molecule has 0 aliphatic carbocycles. The van der Waals surface area contributed by atoms with E-state index in [-0.39, 0.29) is 11.8 Å². The summed E-state index contributed by atoms with van der Waals surface area (Å²) >= 11 is 0. The van der Waals surface area contributed by atoms with Crippen LogP contribution in [0.3, 0.4) is 0 Å². The Kier molecular flexibility index (Phi) is 7.40. The third-order valence-electron chi connectivity index (χ3n) is 5.84. The number of nitrogens with zero attached hydrogens (tertiary/aromatic N) is 3. The van der Waals surface area contributed by atoms with Crippen LogP contribution in [0.2, 0.25) is 0 Å². The zero-order valence-corrected chi connectivity index (χ0v) is 19.2. The second-order valence-electron chi connectivity index (χ2n) is 8.07. The Labute approximate surface area is 194 Å². The maximum absolute atomic E-state index is 12.8. The normalized spacial score (nSPS) is 14.1. The molecule has 0 spiro atoms. The summed E-state index contributed by atoms with van der Waals surface area (Å²) in [4.78, 5) is 23.9. The van der Waals surface area contributed by atoms with E-state index in [0.717, 1.165) is 48.6 Å². The Hall–Kier alpha value is -3.61. The van der Waals surface area contributed by atoms with E-state index in [9.17, 15) is 4.79 Å². The van der Waals surface area contributed by atoms with Crippen molar-refractivity contribution in [3.05, 3.63) is 72.1 Å². The molecule has 0 unspecified atom stereocenters. The van der Waals surface area contributed by atoms with Crippen LogP contribution in [0.15, 0.2) is 60.9 Å². The van der Waals surface area contributed by atoms with Crippen molar-refractivity contribution in [2.75, 3.05) is 24.6 Å². The van der Waals surface area contributed by atoms with Crippen molar-refractivity contribution < 1.29 is 14.3 Å². The number of aryl methyl sites for hydroxylation is 1. The fourth-order valence-electron chi connectivity index (χ4n) is 4.01. The Morgan fingerprint density at radius 3 is 2.48 bits per heavy atom. The highest BCUT2D eigenvalue weighted by molar-refractivity contribution is 5.79. The summed E-state index contributed by atoms with van der Waals surface area (Å²) in [6.45, 7) is 6.46. The Balaban J connectivity index is 1.35. The summed E-state index contributed by atoms with van der Waals surface area (Å²) < 4.78 is 11.7. The molecule has 7 nitrogen and oxygen atoms in total. The van der Waals surface area contributed by atoms with Crippen LogP contribution in [0.25, 0.3) is 0 Å². The van der Waals surface area contributed by atoms with Gasteiger partial charge in [0.05, 0.1) is 6.61 Å². The molecule has 3 aromatic rings. The predicted molar refractivity (Wildman–Crippen MR) is 128 cm³/mol. The Bertz CT molecular complexity index is 1080. The number of benzene rings is 2. The van der Waals surface area contributed by atoms with Crippen molar-refractivity contribution >= 4 is 11.7 Å². The molecule has 2 heterocycles. The van der Waals surface area contributed by atoms with E-state index >= 15 is 0 Å². The first-order valence-electron chi connectivity index (χ1n) is 11.4. The van der Waals surface area contributed by atoms with Crippen LogP contribution in [0.1, 0.15) is 30.9 Å². The van der Waals surface area contributed by atoms with E-state index in [0.29, 0.717) is 24.8 Å². The minimum absolute atomic E-state index is 0.0297. The highest BCUT2D eigenvalue weighted by Gasteiger charge is 2.27. The molecule has 2 aromatic carbocycles. The molecule has 4 rings (SSSR count). The number of piperidine rings is 1. The molecule has 33 heavy (non-hydrogen) atoms. The summed E-state index contributed by atoms with van der Waals surface area (Å²) in [7, 11) is 0. The van der Waals surface area contributed by atoms with E-state index in [1.165, 1.54) is 0 Å². The minimum Gasteiger partial charge on any atom is -0.494 e. The monoisotopic (exact) mass is 446 g/mol. The second kappa shape index (κ2) is 10.8. The minimum atomic E-state index is -0.0297. The second-order valence-corrected chi connectivity index (χ2v) is 8.07. The summed E-state index contributed by atoms with van der Waals surface area (Å²) in [5.74, 6) is 2.83. The summed E-state index contributed by atoms with van der Waals surface area (Å²) in [6, 6.07) is 15.7. The number of nitrogens with one attached hydrogen (secondary N) is 1. The van der Waals surface area contributed by atoms with E-state index in [1.54, 1.807) is 12.4 Å². The number of hydrogen-bond acceptors (Lipinski definition) is 6. The van der Waals surface area contributed by atoms with Gasteiger partial charge in [0.15, 0.2) is 5.82 Å². The molecule has 0 atom stereocenters. The van der Waals surface area contributed by atoms with Gasteiger partial charge in [-0.3, -0.25) is 4.79 Å². The van der Waals surface area contributed by atoms with E-state index < -0.39 is 0 Å². The number of ether oxygens (including phenoxy) is 2. The van der Waals surface area contributed by atoms with Crippen LogP contribution in [-0.2, 0) is 11.3 Å². The molecule has 7 heteroatoms. The quantitative estimate of drug-likeness (QED) is 0.549. The smallest absolute Gasteiger partial charge is 0.263 e. The maximum atomic E-state index is 12.8. The highest BCUT2D eigenvalue weighted by Crippen LogP contribution is 2.32. The molecule has 1 aliphatic rings. The third kappa shape index (κ3) is 5.61. The first-order chi connectivity index (χ1) is 16.2. The SMILES string of the molecule is CCOc1ccccc1CNC(=O)C1CCN(c2nccnc2Oc2ccccc2C)CC1. The first kappa shape index (κ1) is 22.6. The molecular weight excluding hydrogens is 416 g/mol. The number of aromatic nitrogens is 2. The van der Waals surface area contributed by atoms with Crippen LogP contribution < -0.4 is 19.7 Å². The first-order valence-corrected chi connectivity index (χ1v) is 11.4. The summed E-state index contributed by atoms with van der Waals surface area (Å²) in [6.07, 6.45) is 4.81. The maximum Gasteiger partial charge on any atom is 0.263 e.